The number of benzene rings is 1. The Labute approximate surface area is 208 Å². The van der Waals surface area contributed by atoms with Gasteiger partial charge in [0, 0.05) is 28.6 Å². The van der Waals surface area contributed by atoms with Crippen LogP contribution in [0.5, 0.6) is 0 Å². The fourth-order valence-corrected chi connectivity index (χ4v) is 6.66. The average Bonchev–Trinajstić information content (AvgIpc) is 3.24. The molecule has 7 nitrogen and oxygen atoms in total. The first-order chi connectivity index (χ1) is 17.2. The van der Waals surface area contributed by atoms with Gasteiger partial charge in [-0.25, -0.2) is 14.2 Å². The van der Waals surface area contributed by atoms with E-state index in [0.717, 1.165) is 41.3 Å². The van der Waals surface area contributed by atoms with Gasteiger partial charge in [0.2, 0.25) is 0 Å². The third-order valence-corrected chi connectivity index (χ3v) is 8.57. The maximum Gasteiger partial charge on any atom is 0.343 e. The second kappa shape index (κ2) is 7.95. The lowest BCUT2D eigenvalue weighted by atomic mass is 9.74. The third-order valence-electron chi connectivity index (χ3n) is 8.57. The summed E-state index contributed by atoms with van der Waals surface area (Å²) in [6, 6.07) is 3.24. The molecule has 3 aromatic rings. The van der Waals surface area contributed by atoms with Gasteiger partial charge in [0.1, 0.15) is 12.4 Å². The van der Waals surface area contributed by atoms with Gasteiger partial charge in [-0.15, -0.1) is 0 Å². The maximum atomic E-state index is 15.1. The number of ether oxygens (including phenoxy) is 1. The molecule has 0 amide bonds. The van der Waals surface area contributed by atoms with Gasteiger partial charge < -0.3 is 19.7 Å². The summed E-state index contributed by atoms with van der Waals surface area (Å²) in [6.45, 7) is 5.84. The number of esters is 1. The van der Waals surface area contributed by atoms with E-state index in [2.05, 4.69) is 12.2 Å². The van der Waals surface area contributed by atoms with Crippen molar-refractivity contribution in [1.29, 1.82) is 0 Å². The maximum absolute atomic E-state index is 15.1. The van der Waals surface area contributed by atoms with Gasteiger partial charge >= 0.3 is 5.97 Å². The van der Waals surface area contributed by atoms with Crippen molar-refractivity contribution in [3.63, 3.8) is 0 Å². The number of rotatable bonds is 4. The van der Waals surface area contributed by atoms with Crippen molar-refractivity contribution >= 4 is 16.9 Å². The highest BCUT2D eigenvalue weighted by Gasteiger charge is 2.46. The number of hydrogen-bond donors (Lipinski definition) is 2. The Morgan fingerprint density at radius 3 is 2.72 bits per heavy atom. The fraction of sp³-hybridized carbons (Fsp3) is 0.464. The highest BCUT2D eigenvalue weighted by Crippen LogP contribution is 2.48. The lowest BCUT2D eigenvalue weighted by molar-refractivity contribution is -0.172. The largest absolute Gasteiger partial charge is 0.458 e. The minimum Gasteiger partial charge on any atom is -0.458 e. The van der Waals surface area contributed by atoms with Crippen LogP contribution in [0.15, 0.2) is 16.9 Å². The average molecular weight is 492 g/mol. The van der Waals surface area contributed by atoms with Crippen LogP contribution in [0, 0.1) is 18.7 Å². The van der Waals surface area contributed by atoms with Gasteiger partial charge in [0.15, 0.2) is 5.60 Å². The second-order valence-electron chi connectivity index (χ2n) is 10.3. The zero-order chi connectivity index (χ0) is 25.5. The number of nitrogens with one attached hydrogen (secondary N) is 1. The smallest absolute Gasteiger partial charge is 0.343 e. The summed E-state index contributed by atoms with van der Waals surface area (Å²) in [5.74, 6) is -0.744. The summed E-state index contributed by atoms with van der Waals surface area (Å²) in [7, 11) is 1.95. The van der Waals surface area contributed by atoms with Crippen LogP contribution in [0.3, 0.4) is 0 Å². The van der Waals surface area contributed by atoms with Crippen LogP contribution in [-0.2, 0) is 34.7 Å². The quantitative estimate of drug-likeness (QED) is 0.423. The first-order valence-corrected chi connectivity index (χ1v) is 12.7. The Bertz CT molecular complexity index is 1530. The molecule has 4 heterocycles. The van der Waals surface area contributed by atoms with Crippen molar-refractivity contribution in [3.05, 3.63) is 61.7 Å². The molecular weight excluding hydrogens is 461 g/mol. The Morgan fingerprint density at radius 1 is 1.25 bits per heavy atom. The number of fused-ring (bicyclic) bond motifs is 5. The molecule has 188 valence electrons. The summed E-state index contributed by atoms with van der Waals surface area (Å²) in [5, 5.41) is 15.7. The molecule has 36 heavy (non-hydrogen) atoms. The van der Waals surface area contributed by atoms with E-state index in [1.54, 1.807) is 17.6 Å². The van der Waals surface area contributed by atoms with Crippen molar-refractivity contribution in [1.82, 2.24) is 14.9 Å². The second-order valence-corrected chi connectivity index (χ2v) is 10.3. The number of carbonyl (C=O) groups excluding carboxylic acids is 1. The van der Waals surface area contributed by atoms with Gasteiger partial charge in [-0.05, 0) is 61.9 Å². The van der Waals surface area contributed by atoms with E-state index in [1.165, 1.54) is 6.07 Å². The molecule has 0 radical (unpaired) electrons. The topological polar surface area (TPSA) is 93.5 Å². The van der Waals surface area contributed by atoms with Gasteiger partial charge in [-0.3, -0.25) is 4.79 Å². The van der Waals surface area contributed by atoms with Gasteiger partial charge in [0.05, 0.1) is 29.0 Å². The summed E-state index contributed by atoms with van der Waals surface area (Å²) in [6.07, 6.45) is 2.86. The highest BCUT2D eigenvalue weighted by molar-refractivity contribution is 5.93. The molecular formula is C28H30FN3O4. The third kappa shape index (κ3) is 2.88. The molecule has 6 rings (SSSR count). The lowest BCUT2D eigenvalue weighted by Gasteiger charge is -2.35. The van der Waals surface area contributed by atoms with Crippen LogP contribution < -0.4 is 10.9 Å². The van der Waals surface area contributed by atoms with Crippen LogP contribution in [0.2, 0.25) is 0 Å². The van der Waals surface area contributed by atoms with Crippen molar-refractivity contribution in [2.75, 3.05) is 7.05 Å². The van der Waals surface area contributed by atoms with E-state index >= 15 is 4.39 Å². The highest BCUT2D eigenvalue weighted by atomic mass is 19.1. The van der Waals surface area contributed by atoms with Crippen LogP contribution in [0.4, 0.5) is 4.39 Å². The molecule has 8 heteroatoms. The van der Waals surface area contributed by atoms with E-state index in [9.17, 15) is 14.7 Å². The number of hydrogen-bond acceptors (Lipinski definition) is 6. The molecule has 2 aliphatic heterocycles. The van der Waals surface area contributed by atoms with Crippen molar-refractivity contribution in [2.45, 2.75) is 71.2 Å². The van der Waals surface area contributed by atoms with Crippen LogP contribution in [0.25, 0.3) is 22.3 Å². The van der Waals surface area contributed by atoms with E-state index in [1.807, 2.05) is 14.0 Å². The molecule has 2 aromatic heterocycles. The molecule has 0 saturated carbocycles. The summed E-state index contributed by atoms with van der Waals surface area (Å²) >= 11 is 0. The number of pyridine rings is 2. The SMILES string of the molecule is CCCC1Cc2c(C)c(F)cc3nc4c(c(c23)[C@H]1NC)Cn1c-4cc2c(c1=O)COC(=O)[C@]2(O)CC. The summed E-state index contributed by atoms with van der Waals surface area (Å²) in [5.41, 5.74) is 3.82. The van der Waals surface area contributed by atoms with Crippen LogP contribution >= 0.6 is 0 Å². The van der Waals surface area contributed by atoms with Gasteiger partial charge in [-0.2, -0.15) is 0 Å². The molecule has 0 spiro atoms. The molecule has 1 aliphatic carbocycles. The van der Waals surface area contributed by atoms with Crippen molar-refractivity contribution in [3.8, 4) is 11.4 Å². The summed E-state index contributed by atoms with van der Waals surface area (Å²) in [4.78, 5) is 31.0. The molecule has 0 fully saturated rings. The van der Waals surface area contributed by atoms with E-state index < -0.39 is 11.6 Å². The summed E-state index contributed by atoms with van der Waals surface area (Å²) < 4.78 is 21.9. The number of halogens is 1. The van der Waals surface area contributed by atoms with Gasteiger partial charge in [-0.1, -0.05) is 20.3 Å². The standard InChI is InChI=1S/C28H30FN3O4/c1-5-7-14-8-15-13(3)19(29)10-20-22(15)23(24(14)30-4)16-11-32-21(25(16)31-20)9-18-17(26(32)33)12-36-27(34)28(18,35)6-2/h9-10,14,24,30,35H,5-8,11-12H2,1-4H3/t14?,24-,28-/m0/s1. The molecule has 1 aromatic carbocycles. The normalized spacial score (nSPS) is 23.9. The Balaban J connectivity index is 1.68. The first kappa shape index (κ1) is 23.3. The number of aliphatic hydroxyl groups is 1. The lowest BCUT2D eigenvalue weighted by Crippen LogP contribution is -2.44. The van der Waals surface area contributed by atoms with Crippen molar-refractivity contribution in [2.24, 2.45) is 5.92 Å². The molecule has 2 N–H and O–H groups in total. The van der Waals surface area contributed by atoms with E-state index in [4.69, 9.17) is 9.72 Å². The van der Waals surface area contributed by atoms with E-state index in [-0.39, 0.29) is 41.9 Å². The fourth-order valence-electron chi connectivity index (χ4n) is 6.66. The van der Waals surface area contributed by atoms with Gasteiger partial charge in [0.25, 0.3) is 5.56 Å². The number of cyclic esters (lactones) is 1. The minimum atomic E-state index is -1.88. The number of nitrogens with zero attached hydrogens (tertiary/aromatic N) is 2. The Hall–Kier alpha value is -3.10. The van der Waals surface area contributed by atoms with Crippen LogP contribution in [0.1, 0.15) is 72.5 Å². The Morgan fingerprint density at radius 2 is 2.03 bits per heavy atom. The van der Waals surface area contributed by atoms with Crippen molar-refractivity contribution < 1.29 is 19.0 Å². The monoisotopic (exact) mass is 491 g/mol. The minimum absolute atomic E-state index is 0.0404. The van der Waals surface area contributed by atoms with E-state index in [0.29, 0.717) is 34.6 Å². The molecule has 0 saturated heterocycles. The predicted octanol–water partition coefficient (Wildman–Crippen LogP) is 3.76. The predicted molar refractivity (Wildman–Crippen MR) is 133 cm³/mol. The number of aromatic nitrogens is 2. The van der Waals surface area contributed by atoms with Crippen LogP contribution in [-0.4, -0.2) is 27.7 Å². The first-order valence-electron chi connectivity index (χ1n) is 12.7. The molecule has 3 aliphatic rings. The number of carbonyl (C=O) groups is 1. The molecule has 3 atom stereocenters. The zero-order valence-corrected chi connectivity index (χ0v) is 21.0. The molecule has 0 bridgehead atoms. The zero-order valence-electron chi connectivity index (χ0n) is 21.0. The Kier molecular flexibility index (Phi) is 5.15. The molecule has 1 unspecified atom stereocenters.